The van der Waals surface area contributed by atoms with Crippen LogP contribution in [0.25, 0.3) is 10.8 Å². The van der Waals surface area contributed by atoms with E-state index in [9.17, 15) is 5.11 Å². The molecule has 1 aromatic heterocycles. The Labute approximate surface area is 106 Å². The van der Waals surface area contributed by atoms with E-state index in [0.29, 0.717) is 5.92 Å². The van der Waals surface area contributed by atoms with Crippen molar-refractivity contribution in [3.8, 4) is 0 Å². The lowest BCUT2D eigenvalue weighted by Crippen LogP contribution is -2.20. The van der Waals surface area contributed by atoms with E-state index >= 15 is 0 Å². The lowest BCUT2D eigenvalue weighted by atomic mass is 10.1. The van der Waals surface area contributed by atoms with Crippen LogP contribution >= 0.6 is 0 Å². The molecule has 1 aromatic carbocycles. The molecule has 0 spiro atoms. The van der Waals surface area contributed by atoms with Crippen LogP contribution in [-0.4, -0.2) is 29.8 Å². The highest BCUT2D eigenvalue weighted by Gasteiger charge is 2.23. The van der Waals surface area contributed by atoms with Crippen molar-refractivity contribution in [2.45, 2.75) is 6.42 Å². The average Bonchev–Trinajstić information content (AvgIpc) is 2.88. The maximum atomic E-state index is 9.23. The van der Waals surface area contributed by atoms with Crippen LogP contribution in [0.5, 0.6) is 0 Å². The molecule has 0 bridgehead atoms. The zero-order valence-corrected chi connectivity index (χ0v) is 10.2. The molecular weight excluding hydrogens is 226 g/mol. The molecule has 1 fully saturated rings. The van der Waals surface area contributed by atoms with E-state index in [0.717, 1.165) is 36.0 Å². The Morgan fingerprint density at radius 1 is 1.33 bits per heavy atom. The first-order chi connectivity index (χ1) is 8.79. The highest BCUT2D eigenvalue weighted by atomic mass is 16.3. The Morgan fingerprint density at radius 2 is 2.22 bits per heavy atom. The highest BCUT2D eigenvalue weighted by molar-refractivity contribution is 6.00. The molecule has 4 heteroatoms. The number of anilines is 2. The van der Waals surface area contributed by atoms with Crippen LogP contribution in [0.1, 0.15) is 6.42 Å². The van der Waals surface area contributed by atoms with Crippen LogP contribution in [0, 0.1) is 5.92 Å². The molecule has 1 aliphatic heterocycles. The summed E-state index contributed by atoms with van der Waals surface area (Å²) in [6.07, 6.45) is 4.68. The number of hydrogen-bond donors (Lipinski definition) is 2. The zero-order valence-electron chi connectivity index (χ0n) is 10.2. The zero-order chi connectivity index (χ0) is 12.5. The Kier molecular flexibility index (Phi) is 2.80. The van der Waals surface area contributed by atoms with Crippen LogP contribution in [-0.2, 0) is 0 Å². The van der Waals surface area contributed by atoms with Gasteiger partial charge in [-0.3, -0.25) is 4.98 Å². The molecule has 1 unspecified atom stereocenters. The third kappa shape index (κ3) is 1.78. The molecule has 1 saturated heterocycles. The van der Waals surface area contributed by atoms with E-state index in [1.807, 2.05) is 18.3 Å². The fraction of sp³-hybridized carbons (Fsp3) is 0.357. The number of fused-ring (bicyclic) bond motifs is 1. The van der Waals surface area contributed by atoms with Gasteiger partial charge in [0.2, 0.25) is 0 Å². The van der Waals surface area contributed by atoms with Gasteiger partial charge in [-0.2, -0.15) is 0 Å². The Bertz CT molecular complexity index is 570. The number of nitrogen functional groups attached to an aromatic ring is 1. The van der Waals surface area contributed by atoms with Crippen molar-refractivity contribution in [1.82, 2.24) is 4.98 Å². The first-order valence-corrected chi connectivity index (χ1v) is 6.27. The summed E-state index contributed by atoms with van der Waals surface area (Å²) in [5, 5.41) is 11.4. The molecule has 0 saturated carbocycles. The predicted octanol–water partition coefficient (Wildman–Crippen LogP) is 1.64. The van der Waals surface area contributed by atoms with Gasteiger partial charge in [-0.25, -0.2) is 0 Å². The second-order valence-electron chi connectivity index (χ2n) is 4.88. The molecular formula is C14H17N3O. The van der Waals surface area contributed by atoms with Crippen LogP contribution in [0.4, 0.5) is 11.4 Å². The number of rotatable bonds is 2. The minimum Gasteiger partial charge on any atom is -0.398 e. The lowest BCUT2D eigenvalue weighted by Gasteiger charge is -2.21. The van der Waals surface area contributed by atoms with E-state index in [1.54, 1.807) is 6.20 Å². The maximum Gasteiger partial charge on any atom is 0.0476 e. The summed E-state index contributed by atoms with van der Waals surface area (Å²) in [6.45, 7) is 2.16. The van der Waals surface area contributed by atoms with Crippen molar-refractivity contribution in [3.63, 3.8) is 0 Å². The fourth-order valence-corrected chi connectivity index (χ4v) is 2.67. The van der Waals surface area contributed by atoms with Gasteiger partial charge in [0, 0.05) is 60.2 Å². The number of aliphatic hydroxyl groups excluding tert-OH is 1. The number of hydrogen-bond acceptors (Lipinski definition) is 4. The summed E-state index contributed by atoms with van der Waals surface area (Å²) >= 11 is 0. The van der Waals surface area contributed by atoms with Crippen molar-refractivity contribution >= 4 is 22.1 Å². The van der Waals surface area contributed by atoms with Crippen LogP contribution in [0.15, 0.2) is 30.6 Å². The Hall–Kier alpha value is -1.81. The van der Waals surface area contributed by atoms with Crippen LogP contribution in [0.3, 0.4) is 0 Å². The van der Waals surface area contributed by atoms with Crippen LogP contribution < -0.4 is 10.6 Å². The first-order valence-electron chi connectivity index (χ1n) is 6.27. The third-order valence-corrected chi connectivity index (χ3v) is 3.71. The third-order valence-electron chi connectivity index (χ3n) is 3.71. The van der Waals surface area contributed by atoms with E-state index in [1.165, 1.54) is 5.69 Å². The molecule has 1 aliphatic rings. The highest BCUT2D eigenvalue weighted by Crippen LogP contribution is 2.33. The number of pyridine rings is 1. The normalized spacial score (nSPS) is 19.6. The standard InChI is InChI=1S/C14H17N3O/c15-13-1-2-14(12-7-16-5-3-11(12)13)17-6-4-10(8-17)9-18/h1-3,5,7,10,18H,4,6,8-9,15H2. The minimum atomic E-state index is 0.266. The maximum absolute atomic E-state index is 9.23. The van der Waals surface area contributed by atoms with Gasteiger partial charge in [-0.05, 0) is 24.6 Å². The minimum absolute atomic E-state index is 0.266. The van der Waals surface area contributed by atoms with Gasteiger partial charge in [-0.15, -0.1) is 0 Å². The first kappa shape index (κ1) is 11.3. The molecule has 1 atom stereocenters. The summed E-state index contributed by atoms with van der Waals surface area (Å²) in [6, 6.07) is 5.96. The lowest BCUT2D eigenvalue weighted by molar-refractivity contribution is 0.238. The molecule has 0 aliphatic carbocycles. The largest absolute Gasteiger partial charge is 0.398 e. The van der Waals surface area contributed by atoms with Crippen molar-refractivity contribution in [1.29, 1.82) is 0 Å². The summed E-state index contributed by atoms with van der Waals surface area (Å²) in [5.74, 6) is 0.384. The van der Waals surface area contributed by atoms with Crippen molar-refractivity contribution in [2.75, 3.05) is 30.3 Å². The van der Waals surface area contributed by atoms with Gasteiger partial charge < -0.3 is 15.7 Å². The van der Waals surface area contributed by atoms with Gasteiger partial charge in [0.15, 0.2) is 0 Å². The second kappa shape index (κ2) is 4.46. The summed E-state index contributed by atoms with van der Waals surface area (Å²) in [5.41, 5.74) is 7.95. The van der Waals surface area contributed by atoms with E-state index < -0.39 is 0 Å². The summed E-state index contributed by atoms with van der Waals surface area (Å²) in [7, 11) is 0. The number of aromatic nitrogens is 1. The molecule has 2 heterocycles. The molecule has 0 amide bonds. The van der Waals surface area contributed by atoms with Gasteiger partial charge in [0.1, 0.15) is 0 Å². The number of nitrogens with two attached hydrogens (primary N) is 1. The monoisotopic (exact) mass is 243 g/mol. The molecule has 2 aromatic rings. The molecule has 0 radical (unpaired) electrons. The van der Waals surface area contributed by atoms with Crippen LogP contribution in [0.2, 0.25) is 0 Å². The Morgan fingerprint density at radius 3 is 3.00 bits per heavy atom. The smallest absolute Gasteiger partial charge is 0.0476 e. The van der Waals surface area contributed by atoms with Gasteiger partial charge >= 0.3 is 0 Å². The SMILES string of the molecule is Nc1ccc(N2CCC(CO)C2)c2cnccc12. The van der Waals surface area contributed by atoms with Crippen molar-refractivity contribution in [2.24, 2.45) is 5.92 Å². The van der Waals surface area contributed by atoms with Gasteiger partial charge in [0.25, 0.3) is 0 Å². The van der Waals surface area contributed by atoms with E-state index in [2.05, 4.69) is 16.0 Å². The van der Waals surface area contributed by atoms with Crippen molar-refractivity contribution < 1.29 is 5.11 Å². The molecule has 3 rings (SSSR count). The quantitative estimate of drug-likeness (QED) is 0.787. The Balaban J connectivity index is 2.05. The fourth-order valence-electron chi connectivity index (χ4n) is 2.67. The number of nitrogens with zero attached hydrogens (tertiary/aromatic N) is 2. The van der Waals surface area contributed by atoms with Gasteiger partial charge in [0.05, 0.1) is 0 Å². The molecule has 94 valence electrons. The molecule has 18 heavy (non-hydrogen) atoms. The van der Waals surface area contributed by atoms with E-state index in [4.69, 9.17) is 5.73 Å². The number of aliphatic hydroxyl groups is 1. The van der Waals surface area contributed by atoms with Gasteiger partial charge in [-0.1, -0.05) is 0 Å². The summed E-state index contributed by atoms with van der Waals surface area (Å²) in [4.78, 5) is 6.50. The number of benzene rings is 1. The molecule has 3 N–H and O–H groups in total. The predicted molar refractivity (Wildman–Crippen MR) is 73.6 cm³/mol. The summed E-state index contributed by atoms with van der Waals surface area (Å²) < 4.78 is 0. The average molecular weight is 243 g/mol. The second-order valence-corrected chi connectivity index (χ2v) is 4.88. The molecule has 4 nitrogen and oxygen atoms in total. The van der Waals surface area contributed by atoms with E-state index in [-0.39, 0.29) is 6.61 Å². The van der Waals surface area contributed by atoms with Crippen molar-refractivity contribution in [3.05, 3.63) is 30.6 Å². The topological polar surface area (TPSA) is 62.4 Å².